The third-order valence-electron chi connectivity index (χ3n) is 4.04. The minimum absolute atomic E-state index is 0.0457. The smallest absolute Gasteiger partial charge is 0.326 e. The number of hydrogen-bond donors (Lipinski definition) is 1. The molecule has 0 aromatic rings. The zero-order valence-electron chi connectivity index (χ0n) is 12.1. The molecule has 110 valence electrons. The van der Waals surface area contributed by atoms with Gasteiger partial charge in [0.2, 0.25) is 0 Å². The lowest BCUT2D eigenvalue weighted by Gasteiger charge is -2.38. The summed E-state index contributed by atoms with van der Waals surface area (Å²) in [6.45, 7) is 10.8. The van der Waals surface area contributed by atoms with Crippen LogP contribution in [0.3, 0.4) is 0 Å². The highest BCUT2D eigenvalue weighted by atomic mass is 35.5. The highest BCUT2D eigenvalue weighted by Crippen LogP contribution is 2.39. The second-order valence-electron chi connectivity index (χ2n) is 6.50. The van der Waals surface area contributed by atoms with Crippen molar-refractivity contribution in [1.29, 1.82) is 0 Å². The van der Waals surface area contributed by atoms with Crippen LogP contribution >= 0.6 is 11.6 Å². The average molecular weight is 308 g/mol. The summed E-state index contributed by atoms with van der Waals surface area (Å²) < 4.78 is 6.15. The molecule has 0 saturated carbocycles. The normalized spacial score (nSPS) is 24.6. The van der Waals surface area contributed by atoms with Crippen LogP contribution in [0.25, 0.3) is 0 Å². The Morgan fingerprint density at radius 3 is 2.21 bits per heavy atom. The van der Waals surface area contributed by atoms with Crippen molar-refractivity contribution in [2.45, 2.75) is 57.5 Å². The van der Waals surface area contributed by atoms with Crippen molar-refractivity contribution >= 4 is 31.3 Å². The molecule has 0 aromatic heterocycles. The van der Waals surface area contributed by atoms with Gasteiger partial charge in [-0.2, -0.15) is 0 Å². The van der Waals surface area contributed by atoms with Crippen molar-refractivity contribution in [3.05, 3.63) is 0 Å². The maximum atomic E-state index is 11.3. The second-order valence-corrected chi connectivity index (χ2v) is 11.6. The fraction of sp³-hybridized carbons (Fsp3) is 0.833. The van der Waals surface area contributed by atoms with Crippen LogP contribution in [0, 0.1) is 0 Å². The van der Waals surface area contributed by atoms with E-state index < -0.39 is 25.7 Å². The molecule has 1 heterocycles. The van der Waals surface area contributed by atoms with Crippen molar-refractivity contribution in [2.75, 3.05) is 6.54 Å². The summed E-state index contributed by atoms with van der Waals surface area (Å²) in [5, 5.41) is 8.43. The van der Waals surface area contributed by atoms with E-state index in [9.17, 15) is 9.59 Å². The molecule has 0 spiro atoms. The number of likely N-dealkylation sites (tertiary alicyclic amines) is 1. The minimum atomic E-state index is -1.97. The maximum Gasteiger partial charge on any atom is 0.326 e. The van der Waals surface area contributed by atoms with Gasteiger partial charge in [0.05, 0.1) is 6.10 Å². The molecule has 1 saturated heterocycles. The Kier molecular flexibility index (Phi) is 4.69. The quantitative estimate of drug-likeness (QED) is 0.494. The van der Waals surface area contributed by atoms with Gasteiger partial charge in [0, 0.05) is 13.0 Å². The summed E-state index contributed by atoms with van der Waals surface area (Å²) in [6, 6.07) is -0.875. The number of aliphatic carboxylic acids is 1. The van der Waals surface area contributed by atoms with Crippen molar-refractivity contribution in [3.63, 3.8) is 0 Å². The predicted molar refractivity (Wildman–Crippen MR) is 76.1 cm³/mol. The van der Waals surface area contributed by atoms with Gasteiger partial charge in [0.25, 0.3) is 0 Å². The van der Waals surface area contributed by atoms with Gasteiger partial charge >= 0.3 is 11.3 Å². The Bertz CT molecular complexity index is 358. The lowest BCUT2D eigenvalue weighted by molar-refractivity contribution is -0.141. The number of nitrogens with zero attached hydrogens (tertiary/aromatic N) is 1. The molecule has 1 N–H and O–H groups in total. The van der Waals surface area contributed by atoms with Crippen LogP contribution in [-0.4, -0.2) is 48.4 Å². The molecule has 1 amide bonds. The minimum Gasteiger partial charge on any atom is -0.480 e. The Labute approximate surface area is 120 Å². The monoisotopic (exact) mass is 307 g/mol. The first kappa shape index (κ1) is 16.5. The largest absolute Gasteiger partial charge is 0.480 e. The van der Waals surface area contributed by atoms with Gasteiger partial charge in [0.15, 0.2) is 8.32 Å². The zero-order valence-corrected chi connectivity index (χ0v) is 13.8. The number of carbonyl (C=O) groups is 2. The first-order valence-corrected chi connectivity index (χ1v) is 9.61. The molecule has 0 aliphatic carbocycles. The zero-order chi connectivity index (χ0) is 15.0. The van der Waals surface area contributed by atoms with Gasteiger partial charge in [0.1, 0.15) is 6.04 Å². The van der Waals surface area contributed by atoms with Crippen LogP contribution in [0.15, 0.2) is 0 Å². The van der Waals surface area contributed by atoms with E-state index in [4.69, 9.17) is 21.1 Å². The summed E-state index contributed by atoms with van der Waals surface area (Å²) >= 11 is 5.43. The molecule has 1 rings (SSSR count). The molecule has 0 aromatic carbocycles. The Morgan fingerprint density at radius 2 is 1.89 bits per heavy atom. The van der Waals surface area contributed by atoms with Crippen LogP contribution in [0.5, 0.6) is 0 Å². The molecule has 1 aliphatic heterocycles. The molecule has 0 bridgehead atoms. The maximum absolute atomic E-state index is 11.3. The highest BCUT2D eigenvalue weighted by Gasteiger charge is 2.45. The Balaban J connectivity index is 2.79. The number of hydrogen-bond acceptors (Lipinski definition) is 3. The standard InChI is InChI=1S/C12H22ClNO4Si/c1-12(2,3)19(4,5)18-8-6-9(10(15)16)14(7-8)11(13)17/h8-9H,6-7H2,1-5H3,(H,15,16)/t8-,9+/m1/s1. The van der Waals surface area contributed by atoms with E-state index in [0.29, 0.717) is 6.42 Å². The van der Waals surface area contributed by atoms with E-state index in [0.717, 1.165) is 0 Å². The van der Waals surface area contributed by atoms with Crippen LogP contribution in [-0.2, 0) is 9.22 Å². The first-order chi connectivity index (χ1) is 8.45. The van der Waals surface area contributed by atoms with Crippen LogP contribution in [0.2, 0.25) is 18.1 Å². The molecule has 0 unspecified atom stereocenters. The molecule has 7 heteroatoms. The second kappa shape index (κ2) is 5.42. The summed E-state index contributed by atoms with van der Waals surface area (Å²) in [6.07, 6.45) is 0.0602. The summed E-state index contributed by atoms with van der Waals surface area (Å²) in [5.74, 6) is -1.03. The van der Waals surface area contributed by atoms with E-state index in [1.165, 1.54) is 4.90 Å². The van der Waals surface area contributed by atoms with Crippen LogP contribution in [0.1, 0.15) is 27.2 Å². The van der Waals surface area contributed by atoms with Gasteiger partial charge in [-0.25, -0.2) is 4.79 Å². The van der Waals surface area contributed by atoms with Gasteiger partial charge in [-0.05, 0) is 29.7 Å². The Hall–Kier alpha value is -0.593. The molecular weight excluding hydrogens is 286 g/mol. The molecule has 1 aliphatic rings. The molecule has 1 fully saturated rings. The number of halogens is 1. The number of rotatable bonds is 3. The molecule has 2 atom stereocenters. The van der Waals surface area contributed by atoms with Crippen LogP contribution in [0.4, 0.5) is 4.79 Å². The first-order valence-electron chi connectivity index (χ1n) is 6.32. The van der Waals surface area contributed by atoms with E-state index in [2.05, 4.69) is 33.9 Å². The highest BCUT2D eigenvalue weighted by molar-refractivity contribution is 6.74. The summed E-state index contributed by atoms with van der Waals surface area (Å²) in [7, 11) is -1.97. The molecule has 0 radical (unpaired) electrons. The van der Waals surface area contributed by atoms with E-state index in [1.54, 1.807) is 0 Å². The van der Waals surface area contributed by atoms with Crippen molar-refractivity contribution in [2.24, 2.45) is 0 Å². The SMILES string of the molecule is CC(C)(C)[Si](C)(C)O[C@@H]1C[C@@H](C(=O)O)N(C(=O)Cl)C1. The van der Waals surface area contributed by atoms with Crippen LogP contribution < -0.4 is 0 Å². The van der Waals surface area contributed by atoms with Gasteiger partial charge in [-0.15, -0.1) is 0 Å². The van der Waals surface area contributed by atoms with E-state index >= 15 is 0 Å². The van der Waals surface area contributed by atoms with E-state index in [1.807, 2.05) is 0 Å². The topological polar surface area (TPSA) is 66.8 Å². The lowest BCUT2D eigenvalue weighted by Crippen LogP contribution is -2.44. The van der Waals surface area contributed by atoms with Gasteiger partial charge in [-0.1, -0.05) is 20.8 Å². The molecular formula is C12H22ClNO4Si. The number of carbonyl (C=O) groups excluding carboxylic acids is 1. The average Bonchev–Trinajstić information content (AvgIpc) is 2.59. The van der Waals surface area contributed by atoms with Gasteiger partial charge in [-0.3, -0.25) is 4.79 Å². The number of carboxylic acids is 1. The van der Waals surface area contributed by atoms with Crippen molar-refractivity contribution in [3.8, 4) is 0 Å². The number of amides is 1. The number of carboxylic acid groups (broad SMARTS) is 1. The Morgan fingerprint density at radius 1 is 1.37 bits per heavy atom. The fourth-order valence-corrected chi connectivity index (χ4v) is 3.45. The third-order valence-corrected chi connectivity index (χ3v) is 8.79. The molecule has 5 nitrogen and oxygen atoms in total. The molecule has 19 heavy (non-hydrogen) atoms. The van der Waals surface area contributed by atoms with Crippen molar-refractivity contribution in [1.82, 2.24) is 4.90 Å². The third kappa shape index (κ3) is 3.70. The lowest BCUT2D eigenvalue weighted by atomic mass is 10.2. The van der Waals surface area contributed by atoms with Crippen molar-refractivity contribution < 1.29 is 19.1 Å². The van der Waals surface area contributed by atoms with E-state index in [-0.39, 0.29) is 17.7 Å². The predicted octanol–water partition coefficient (Wildman–Crippen LogP) is 2.89. The summed E-state index contributed by atoms with van der Waals surface area (Å²) in [4.78, 5) is 23.5. The fourth-order valence-electron chi connectivity index (χ4n) is 1.90. The summed E-state index contributed by atoms with van der Waals surface area (Å²) in [5.41, 5.74) is 0. The van der Waals surface area contributed by atoms with Gasteiger partial charge < -0.3 is 14.4 Å².